The minimum atomic E-state index is -0.281. The molecule has 0 aromatic heterocycles. The summed E-state index contributed by atoms with van der Waals surface area (Å²) in [6.45, 7) is 4.56. The average molecular weight is 418 g/mol. The van der Waals surface area contributed by atoms with Gasteiger partial charge in [0, 0.05) is 24.3 Å². The van der Waals surface area contributed by atoms with Crippen molar-refractivity contribution in [2.24, 2.45) is 0 Å². The first-order valence-electron chi connectivity index (χ1n) is 9.46. The summed E-state index contributed by atoms with van der Waals surface area (Å²) < 4.78 is 5.38. The van der Waals surface area contributed by atoms with Crippen molar-refractivity contribution >= 4 is 46.2 Å². The van der Waals surface area contributed by atoms with Crippen LogP contribution in [0, 0.1) is 0 Å². The molecule has 0 atom stereocenters. The summed E-state index contributed by atoms with van der Waals surface area (Å²) in [5.74, 6) is 0.444. The van der Waals surface area contributed by atoms with E-state index in [9.17, 15) is 4.79 Å². The number of anilines is 2. The van der Waals surface area contributed by atoms with Gasteiger partial charge in [0.25, 0.3) is 5.91 Å². The molecule has 1 aliphatic heterocycles. The lowest BCUT2D eigenvalue weighted by atomic mass is 10.1. The number of rotatable bonds is 5. The van der Waals surface area contributed by atoms with Gasteiger partial charge in [-0.2, -0.15) is 0 Å². The topological polar surface area (TPSA) is 53.6 Å². The van der Waals surface area contributed by atoms with Crippen LogP contribution in [-0.2, 0) is 0 Å². The van der Waals surface area contributed by atoms with Gasteiger partial charge < -0.3 is 15.0 Å². The summed E-state index contributed by atoms with van der Waals surface area (Å²) in [5, 5.41) is 6.59. The lowest BCUT2D eigenvalue weighted by molar-refractivity contribution is 0.0977. The van der Waals surface area contributed by atoms with E-state index in [0.29, 0.717) is 17.2 Å². The van der Waals surface area contributed by atoms with E-state index in [1.165, 1.54) is 19.3 Å². The molecule has 0 bridgehead atoms. The highest BCUT2D eigenvalue weighted by molar-refractivity contribution is 7.80. The number of benzene rings is 2. The molecule has 0 spiro atoms. The summed E-state index contributed by atoms with van der Waals surface area (Å²) >= 11 is 11.7. The fraction of sp³-hybridized carbons (Fsp3) is 0.333. The highest BCUT2D eigenvalue weighted by Gasteiger charge is 2.14. The average Bonchev–Trinajstić information content (AvgIpc) is 2.69. The van der Waals surface area contributed by atoms with E-state index in [-0.39, 0.29) is 11.0 Å². The van der Waals surface area contributed by atoms with Crippen LogP contribution in [0.1, 0.15) is 36.5 Å². The molecule has 0 saturated carbocycles. The van der Waals surface area contributed by atoms with Crippen molar-refractivity contribution in [2.75, 3.05) is 29.9 Å². The minimum Gasteiger partial charge on any atom is -0.494 e. The van der Waals surface area contributed by atoms with E-state index in [0.717, 1.165) is 30.2 Å². The highest BCUT2D eigenvalue weighted by Crippen LogP contribution is 2.30. The fourth-order valence-corrected chi connectivity index (χ4v) is 3.69. The van der Waals surface area contributed by atoms with Gasteiger partial charge in [0.05, 0.1) is 17.3 Å². The monoisotopic (exact) mass is 417 g/mol. The van der Waals surface area contributed by atoms with Crippen LogP contribution in [-0.4, -0.2) is 30.7 Å². The Morgan fingerprint density at radius 2 is 1.86 bits per heavy atom. The van der Waals surface area contributed by atoms with Gasteiger partial charge in [-0.1, -0.05) is 11.6 Å². The molecule has 0 aliphatic carbocycles. The van der Waals surface area contributed by atoms with Crippen molar-refractivity contribution in [2.45, 2.75) is 26.2 Å². The first-order chi connectivity index (χ1) is 13.6. The van der Waals surface area contributed by atoms with Crippen LogP contribution >= 0.6 is 23.8 Å². The zero-order chi connectivity index (χ0) is 19.9. The summed E-state index contributed by atoms with van der Waals surface area (Å²) in [6.07, 6.45) is 3.66. The van der Waals surface area contributed by atoms with Crippen molar-refractivity contribution in [3.63, 3.8) is 0 Å². The number of ether oxygens (including phenoxy) is 1. The molecule has 2 aromatic rings. The molecule has 2 N–H and O–H groups in total. The Hall–Kier alpha value is -2.31. The Labute approximate surface area is 176 Å². The predicted octanol–water partition coefficient (Wildman–Crippen LogP) is 4.86. The van der Waals surface area contributed by atoms with Crippen molar-refractivity contribution in [3.8, 4) is 5.75 Å². The summed E-state index contributed by atoms with van der Waals surface area (Å²) in [4.78, 5) is 14.6. The van der Waals surface area contributed by atoms with Gasteiger partial charge in [-0.15, -0.1) is 0 Å². The smallest absolute Gasteiger partial charge is 0.257 e. The van der Waals surface area contributed by atoms with Gasteiger partial charge >= 0.3 is 0 Å². The summed E-state index contributed by atoms with van der Waals surface area (Å²) in [6, 6.07) is 12.7. The molecule has 0 unspecified atom stereocenters. The Balaban J connectivity index is 1.58. The lowest BCUT2D eigenvalue weighted by Crippen LogP contribution is -2.34. The molecule has 0 radical (unpaired) electrons. The number of carbonyl (C=O) groups excluding carboxylic acids is 1. The highest BCUT2D eigenvalue weighted by atomic mass is 35.5. The van der Waals surface area contributed by atoms with Gasteiger partial charge in [0.15, 0.2) is 5.11 Å². The maximum atomic E-state index is 12.3. The number of piperidine rings is 1. The number of nitrogens with one attached hydrogen (secondary N) is 2. The van der Waals surface area contributed by atoms with Crippen LogP contribution in [0.5, 0.6) is 5.75 Å². The maximum Gasteiger partial charge on any atom is 0.257 e. The number of nitrogens with zero attached hydrogens (tertiary/aromatic N) is 1. The SMILES string of the molecule is CCOc1ccc(C(=O)NC(=S)Nc2ccc(N3CCCCC3)c(Cl)c2)cc1. The standard InChI is InChI=1S/C21H24ClN3O2S/c1-2-27-17-9-6-15(7-10-17)20(26)24-21(28)23-16-8-11-19(18(22)14-16)25-12-4-3-5-13-25/h6-11,14H,2-5,12-13H2,1H3,(H2,23,24,26,28). The third-order valence-corrected chi connectivity index (χ3v) is 5.06. The largest absolute Gasteiger partial charge is 0.494 e. The molecule has 1 amide bonds. The number of hydrogen-bond donors (Lipinski definition) is 2. The molecule has 28 heavy (non-hydrogen) atoms. The van der Waals surface area contributed by atoms with Gasteiger partial charge in [0.2, 0.25) is 0 Å². The summed E-state index contributed by atoms with van der Waals surface area (Å²) in [5.41, 5.74) is 2.28. The number of hydrogen-bond acceptors (Lipinski definition) is 4. The predicted molar refractivity (Wildman–Crippen MR) is 119 cm³/mol. The van der Waals surface area contributed by atoms with Gasteiger partial charge in [-0.3, -0.25) is 10.1 Å². The molecular formula is C21H24ClN3O2S. The van der Waals surface area contributed by atoms with Crippen molar-refractivity contribution < 1.29 is 9.53 Å². The number of amides is 1. The van der Waals surface area contributed by atoms with Crippen LogP contribution in [0.3, 0.4) is 0 Å². The first-order valence-corrected chi connectivity index (χ1v) is 10.2. The second-order valence-corrected chi connectivity index (χ2v) is 7.39. The summed E-state index contributed by atoms with van der Waals surface area (Å²) in [7, 11) is 0. The Kier molecular flexibility index (Phi) is 7.12. The molecule has 7 heteroatoms. The third-order valence-electron chi connectivity index (χ3n) is 4.56. The van der Waals surface area contributed by atoms with Crippen LogP contribution in [0.2, 0.25) is 5.02 Å². The number of carbonyl (C=O) groups is 1. The lowest BCUT2D eigenvalue weighted by Gasteiger charge is -2.29. The zero-order valence-electron chi connectivity index (χ0n) is 15.8. The third kappa shape index (κ3) is 5.36. The van der Waals surface area contributed by atoms with E-state index in [2.05, 4.69) is 15.5 Å². The Morgan fingerprint density at radius 1 is 1.14 bits per heavy atom. The van der Waals surface area contributed by atoms with Crippen LogP contribution < -0.4 is 20.3 Å². The van der Waals surface area contributed by atoms with Crippen LogP contribution in [0.15, 0.2) is 42.5 Å². The van der Waals surface area contributed by atoms with E-state index >= 15 is 0 Å². The van der Waals surface area contributed by atoms with E-state index in [1.807, 2.05) is 25.1 Å². The molecule has 3 rings (SSSR count). The molecule has 1 heterocycles. The van der Waals surface area contributed by atoms with E-state index in [4.69, 9.17) is 28.6 Å². The quantitative estimate of drug-likeness (QED) is 0.680. The van der Waals surface area contributed by atoms with E-state index in [1.54, 1.807) is 24.3 Å². The Bertz CT molecular complexity index is 836. The maximum absolute atomic E-state index is 12.3. The molecular weight excluding hydrogens is 394 g/mol. The van der Waals surface area contributed by atoms with Crippen LogP contribution in [0.4, 0.5) is 11.4 Å². The second kappa shape index (κ2) is 9.75. The van der Waals surface area contributed by atoms with Gasteiger partial charge in [-0.25, -0.2) is 0 Å². The zero-order valence-corrected chi connectivity index (χ0v) is 17.4. The second-order valence-electron chi connectivity index (χ2n) is 6.58. The van der Waals surface area contributed by atoms with Crippen LogP contribution in [0.25, 0.3) is 0 Å². The number of thiocarbonyl (C=S) groups is 1. The Morgan fingerprint density at radius 3 is 2.50 bits per heavy atom. The minimum absolute atomic E-state index is 0.223. The molecule has 1 aliphatic rings. The number of halogens is 1. The molecule has 5 nitrogen and oxygen atoms in total. The van der Waals surface area contributed by atoms with Gasteiger partial charge in [-0.05, 0) is 80.9 Å². The molecule has 1 saturated heterocycles. The molecule has 2 aromatic carbocycles. The van der Waals surface area contributed by atoms with E-state index < -0.39 is 0 Å². The molecule has 148 valence electrons. The molecule has 1 fully saturated rings. The van der Waals surface area contributed by atoms with Crippen molar-refractivity contribution in [1.29, 1.82) is 0 Å². The first kappa shape index (κ1) is 20.4. The fourth-order valence-electron chi connectivity index (χ4n) is 3.18. The van der Waals surface area contributed by atoms with Crippen molar-refractivity contribution in [3.05, 3.63) is 53.1 Å². The van der Waals surface area contributed by atoms with Gasteiger partial charge in [0.1, 0.15) is 5.75 Å². The van der Waals surface area contributed by atoms with Crippen molar-refractivity contribution in [1.82, 2.24) is 5.32 Å². The normalized spacial score (nSPS) is 13.7.